The molecule has 1 amide bonds. The number of amides is 1. The number of para-hydroxylation sites is 1. The number of carbonyl (C=O) groups excluding carboxylic acids is 1. The first-order valence-electron chi connectivity index (χ1n) is 8.77. The van der Waals surface area contributed by atoms with E-state index in [2.05, 4.69) is 25.2 Å². The van der Waals surface area contributed by atoms with Crippen LogP contribution in [-0.2, 0) is 11.3 Å². The molecule has 1 N–H and O–H groups in total. The standard InChI is InChI=1S/C21H27FN2O/c1-5-15(2)18-11-7-9-13-20(18)23-21(25)16(3)24(4)14-17-10-6-8-12-19(17)22/h6-13,15-16H,5,14H2,1-4H3,(H,23,25)/t15-,16-/m1/s1. The smallest absolute Gasteiger partial charge is 0.241 e. The maximum atomic E-state index is 13.8. The molecule has 4 heteroatoms. The molecule has 0 radical (unpaired) electrons. The molecule has 0 aliphatic rings. The van der Waals surface area contributed by atoms with E-state index in [1.54, 1.807) is 18.2 Å². The van der Waals surface area contributed by atoms with E-state index in [0.29, 0.717) is 18.0 Å². The highest BCUT2D eigenvalue weighted by Crippen LogP contribution is 2.26. The Bertz CT molecular complexity index is 717. The van der Waals surface area contributed by atoms with Gasteiger partial charge in [-0.15, -0.1) is 0 Å². The summed E-state index contributed by atoms with van der Waals surface area (Å²) >= 11 is 0. The molecule has 0 heterocycles. The van der Waals surface area contributed by atoms with E-state index >= 15 is 0 Å². The highest BCUT2D eigenvalue weighted by atomic mass is 19.1. The lowest BCUT2D eigenvalue weighted by Gasteiger charge is -2.25. The van der Waals surface area contributed by atoms with Gasteiger partial charge in [-0.2, -0.15) is 0 Å². The third kappa shape index (κ3) is 4.89. The third-order valence-corrected chi connectivity index (χ3v) is 4.78. The molecule has 134 valence electrons. The summed E-state index contributed by atoms with van der Waals surface area (Å²) in [6.45, 7) is 6.50. The first-order chi connectivity index (χ1) is 11.9. The van der Waals surface area contributed by atoms with E-state index < -0.39 is 0 Å². The molecule has 0 saturated heterocycles. The van der Waals surface area contributed by atoms with Crippen LogP contribution in [0, 0.1) is 5.82 Å². The van der Waals surface area contributed by atoms with E-state index in [-0.39, 0.29) is 17.8 Å². The van der Waals surface area contributed by atoms with Crippen molar-refractivity contribution < 1.29 is 9.18 Å². The van der Waals surface area contributed by atoms with Gasteiger partial charge in [0.15, 0.2) is 0 Å². The largest absolute Gasteiger partial charge is 0.324 e. The molecule has 0 spiro atoms. The predicted octanol–water partition coefficient (Wildman–Crippen LogP) is 4.80. The predicted molar refractivity (Wildman–Crippen MR) is 101 cm³/mol. The molecule has 0 aliphatic carbocycles. The summed E-state index contributed by atoms with van der Waals surface area (Å²) in [4.78, 5) is 14.5. The molecule has 2 rings (SSSR count). The van der Waals surface area contributed by atoms with Crippen molar-refractivity contribution in [3.05, 3.63) is 65.5 Å². The summed E-state index contributed by atoms with van der Waals surface area (Å²) in [5, 5.41) is 3.03. The lowest BCUT2D eigenvalue weighted by molar-refractivity contribution is -0.120. The summed E-state index contributed by atoms with van der Waals surface area (Å²) in [7, 11) is 1.83. The molecule has 0 saturated carbocycles. The molecule has 0 fully saturated rings. The Balaban J connectivity index is 2.07. The maximum absolute atomic E-state index is 13.8. The minimum absolute atomic E-state index is 0.0883. The highest BCUT2D eigenvalue weighted by Gasteiger charge is 2.20. The summed E-state index contributed by atoms with van der Waals surface area (Å²) in [5.41, 5.74) is 2.58. The first-order valence-corrected chi connectivity index (χ1v) is 8.77. The Morgan fingerprint density at radius 2 is 1.76 bits per heavy atom. The van der Waals surface area contributed by atoms with Gasteiger partial charge in [0, 0.05) is 17.8 Å². The Morgan fingerprint density at radius 1 is 1.12 bits per heavy atom. The monoisotopic (exact) mass is 342 g/mol. The third-order valence-electron chi connectivity index (χ3n) is 4.78. The van der Waals surface area contributed by atoms with Crippen LogP contribution in [0.2, 0.25) is 0 Å². The van der Waals surface area contributed by atoms with Gasteiger partial charge in [0.25, 0.3) is 0 Å². The second kappa shape index (κ2) is 8.77. The lowest BCUT2D eigenvalue weighted by atomic mass is 9.97. The number of rotatable bonds is 7. The number of carbonyl (C=O) groups is 1. The van der Waals surface area contributed by atoms with Crippen molar-refractivity contribution in [2.75, 3.05) is 12.4 Å². The molecule has 0 unspecified atom stereocenters. The van der Waals surface area contributed by atoms with Crippen molar-refractivity contribution in [1.29, 1.82) is 0 Å². The molecule has 2 atom stereocenters. The summed E-state index contributed by atoms with van der Waals surface area (Å²) in [5.74, 6) is 0.0432. The minimum Gasteiger partial charge on any atom is -0.324 e. The van der Waals surface area contributed by atoms with E-state index in [1.165, 1.54) is 6.07 Å². The highest BCUT2D eigenvalue weighted by molar-refractivity contribution is 5.95. The van der Waals surface area contributed by atoms with Gasteiger partial charge < -0.3 is 5.32 Å². The fraction of sp³-hybridized carbons (Fsp3) is 0.381. The van der Waals surface area contributed by atoms with Gasteiger partial charge in [-0.05, 0) is 44.0 Å². The maximum Gasteiger partial charge on any atom is 0.241 e. The molecule has 2 aromatic rings. The Hall–Kier alpha value is -2.20. The van der Waals surface area contributed by atoms with E-state index in [1.807, 2.05) is 37.1 Å². The molecule has 3 nitrogen and oxygen atoms in total. The van der Waals surface area contributed by atoms with Crippen molar-refractivity contribution >= 4 is 11.6 Å². The number of likely N-dealkylation sites (N-methyl/N-ethyl adjacent to an activating group) is 1. The van der Waals surface area contributed by atoms with Crippen molar-refractivity contribution in [2.24, 2.45) is 0 Å². The normalized spacial score (nSPS) is 13.5. The van der Waals surface area contributed by atoms with Crippen LogP contribution in [0.15, 0.2) is 48.5 Å². The van der Waals surface area contributed by atoms with Gasteiger partial charge in [-0.1, -0.05) is 50.2 Å². The molecular weight excluding hydrogens is 315 g/mol. The summed E-state index contributed by atoms with van der Waals surface area (Å²) in [6, 6.07) is 14.2. The second-order valence-electron chi connectivity index (χ2n) is 6.57. The zero-order valence-corrected chi connectivity index (χ0v) is 15.4. The fourth-order valence-corrected chi connectivity index (χ4v) is 2.73. The van der Waals surface area contributed by atoms with Crippen LogP contribution in [0.25, 0.3) is 0 Å². The van der Waals surface area contributed by atoms with Gasteiger partial charge >= 0.3 is 0 Å². The van der Waals surface area contributed by atoms with E-state index in [4.69, 9.17) is 0 Å². The Labute approximate surface area is 149 Å². The van der Waals surface area contributed by atoms with Gasteiger partial charge in [-0.25, -0.2) is 4.39 Å². The van der Waals surface area contributed by atoms with Crippen LogP contribution in [0.4, 0.5) is 10.1 Å². The minimum atomic E-state index is -0.371. The molecule has 0 bridgehead atoms. The lowest BCUT2D eigenvalue weighted by Crippen LogP contribution is -2.39. The number of benzene rings is 2. The van der Waals surface area contributed by atoms with Gasteiger partial charge in [0.05, 0.1) is 6.04 Å². The van der Waals surface area contributed by atoms with Gasteiger partial charge in [-0.3, -0.25) is 9.69 Å². The quantitative estimate of drug-likeness (QED) is 0.784. The van der Waals surface area contributed by atoms with E-state index in [9.17, 15) is 9.18 Å². The van der Waals surface area contributed by atoms with Crippen LogP contribution in [0.5, 0.6) is 0 Å². The van der Waals surface area contributed by atoms with Crippen LogP contribution in [-0.4, -0.2) is 23.9 Å². The topological polar surface area (TPSA) is 32.3 Å². The first kappa shape index (κ1) is 19.1. The number of hydrogen-bond acceptors (Lipinski definition) is 2. The van der Waals surface area contributed by atoms with Crippen LogP contribution < -0.4 is 5.32 Å². The van der Waals surface area contributed by atoms with Gasteiger partial charge in [0.1, 0.15) is 5.82 Å². The Kier molecular flexibility index (Phi) is 6.71. The number of nitrogens with one attached hydrogen (secondary N) is 1. The van der Waals surface area contributed by atoms with Crippen LogP contribution in [0.1, 0.15) is 44.2 Å². The molecule has 2 aromatic carbocycles. The average Bonchev–Trinajstić information content (AvgIpc) is 2.62. The number of hydrogen-bond donors (Lipinski definition) is 1. The zero-order valence-electron chi connectivity index (χ0n) is 15.4. The van der Waals surface area contributed by atoms with Crippen molar-refractivity contribution in [3.8, 4) is 0 Å². The van der Waals surface area contributed by atoms with Crippen molar-refractivity contribution in [1.82, 2.24) is 4.90 Å². The van der Waals surface area contributed by atoms with Crippen molar-refractivity contribution in [2.45, 2.75) is 45.7 Å². The van der Waals surface area contributed by atoms with Crippen molar-refractivity contribution in [3.63, 3.8) is 0 Å². The number of nitrogens with zero attached hydrogens (tertiary/aromatic N) is 1. The summed E-state index contributed by atoms with van der Waals surface area (Å²) < 4.78 is 13.8. The fourth-order valence-electron chi connectivity index (χ4n) is 2.73. The SMILES string of the molecule is CC[C@@H](C)c1ccccc1NC(=O)[C@@H](C)N(C)Cc1ccccc1F. The summed E-state index contributed by atoms with van der Waals surface area (Å²) in [6.07, 6.45) is 1.01. The number of halogens is 1. The molecule has 25 heavy (non-hydrogen) atoms. The molecule has 0 aromatic heterocycles. The average molecular weight is 342 g/mol. The number of anilines is 1. The second-order valence-corrected chi connectivity index (χ2v) is 6.57. The molecule has 0 aliphatic heterocycles. The van der Waals surface area contributed by atoms with Crippen LogP contribution >= 0.6 is 0 Å². The van der Waals surface area contributed by atoms with Crippen LogP contribution in [0.3, 0.4) is 0 Å². The van der Waals surface area contributed by atoms with E-state index in [0.717, 1.165) is 17.7 Å². The zero-order chi connectivity index (χ0) is 18.4. The molecular formula is C21H27FN2O. The van der Waals surface area contributed by atoms with Gasteiger partial charge in [0.2, 0.25) is 5.91 Å². The Morgan fingerprint density at radius 3 is 2.44 bits per heavy atom.